The van der Waals surface area contributed by atoms with Crippen LogP contribution in [-0.2, 0) is 15.8 Å². The molecular formula is C13H12BrFN2O2S. The van der Waals surface area contributed by atoms with Crippen molar-refractivity contribution in [2.75, 3.05) is 10.5 Å². The Labute approximate surface area is 125 Å². The summed E-state index contributed by atoms with van der Waals surface area (Å²) in [6.45, 7) is 0. The lowest BCUT2D eigenvalue weighted by Gasteiger charge is -2.10. The molecule has 20 heavy (non-hydrogen) atoms. The van der Waals surface area contributed by atoms with Crippen LogP contribution in [0.2, 0.25) is 0 Å². The van der Waals surface area contributed by atoms with Crippen LogP contribution in [-0.4, -0.2) is 8.42 Å². The van der Waals surface area contributed by atoms with Crippen LogP contribution in [0.25, 0.3) is 0 Å². The maximum absolute atomic E-state index is 13.1. The van der Waals surface area contributed by atoms with Crippen LogP contribution < -0.4 is 10.5 Å². The number of halogens is 2. The Bertz CT molecular complexity index is 735. The zero-order valence-corrected chi connectivity index (χ0v) is 12.7. The highest BCUT2D eigenvalue weighted by Crippen LogP contribution is 2.22. The molecule has 0 atom stereocenters. The number of benzene rings is 2. The molecule has 0 unspecified atom stereocenters. The van der Waals surface area contributed by atoms with Crippen molar-refractivity contribution < 1.29 is 12.8 Å². The summed E-state index contributed by atoms with van der Waals surface area (Å²) in [5.41, 5.74) is 6.93. The molecule has 106 valence electrons. The average molecular weight is 359 g/mol. The van der Waals surface area contributed by atoms with E-state index in [1.807, 2.05) is 0 Å². The Hall–Kier alpha value is -1.60. The largest absolute Gasteiger partial charge is 0.398 e. The molecule has 0 bridgehead atoms. The van der Waals surface area contributed by atoms with E-state index in [9.17, 15) is 12.8 Å². The second-order valence-electron chi connectivity index (χ2n) is 4.19. The monoisotopic (exact) mass is 358 g/mol. The number of anilines is 2. The second-order valence-corrected chi connectivity index (χ2v) is 6.77. The van der Waals surface area contributed by atoms with Gasteiger partial charge in [0, 0.05) is 11.4 Å². The van der Waals surface area contributed by atoms with Gasteiger partial charge in [-0.05, 0) is 45.8 Å². The highest BCUT2D eigenvalue weighted by molar-refractivity contribution is 9.10. The van der Waals surface area contributed by atoms with E-state index in [2.05, 4.69) is 20.7 Å². The molecule has 0 heterocycles. The van der Waals surface area contributed by atoms with Crippen LogP contribution >= 0.6 is 15.9 Å². The smallest absolute Gasteiger partial charge is 0.236 e. The van der Waals surface area contributed by atoms with Crippen molar-refractivity contribution >= 4 is 37.3 Å². The standard InChI is InChI=1S/C13H12BrFN2O2S/c14-11-7-10(5-6-12(11)15)17-20(18,19)8-9-3-1-2-4-13(9)16/h1-7,17H,8,16H2. The second kappa shape index (κ2) is 5.80. The molecule has 0 aromatic heterocycles. The number of hydrogen-bond donors (Lipinski definition) is 2. The molecule has 2 rings (SSSR count). The minimum absolute atomic E-state index is 0.192. The molecule has 7 heteroatoms. The normalized spacial score (nSPS) is 11.3. The third-order valence-corrected chi connectivity index (χ3v) is 4.44. The van der Waals surface area contributed by atoms with Crippen molar-refractivity contribution in [1.29, 1.82) is 0 Å². The summed E-state index contributed by atoms with van der Waals surface area (Å²) < 4.78 is 39.7. The van der Waals surface area contributed by atoms with Crippen molar-refractivity contribution in [2.45, 2.75) is 5.75 Å². The van der Waals surface area contributed by atoms with Gasteiger partial charge in [-0.3, -0.25) is 4.72 Å². The number of rotatable bonds is 4. The van der Waals surface area contributed by atoms with Gasteiger partial charge in [0.05, 0.1) is 10.2 Å². The fourth-order valence-electron chi connectivity index (χ4n) is 1.65. The van der Waals surface area contributed by atoms with Crippen molar-refractivity contribution in [3.8, 4) is 0 Å². The van der Waals surface area contributed by atoms with Gasteiger partial charge in [-0.25, -0.2) is 12.8 Å². The Morgan fingerprint density at radius 3 is 2.55 bits per heavy atom. The maximum atomic E-state index is 13.1. The quantitative estimate of drug-likeness (QED) is 0.824. The van der Waals surface area contributed by atoms with Crippen LogP contribution in [0.15, 0.2) is 46.9 Å². The van der Waals surface area contributed by atoms with E-state index in [4.69, 9.17) is 5.73 Å². The van der Waals surface area contributed by atoms with Gasteiger partial charge in [0.2, 0.25) is 10.0 Å². The lowest BCUT2D eigenvalue weighted by Crippen LogP contribution is -2.16. The first-order valence-electron chi connectivity index (χ1n) is 5.66. The molecule has 0 saturated heterocycles. The van der Waals surface area contributed by atoms with Crippen molar-refractivity contribution in [2.24, 2.45) is 0 Å². The van der Waals surface area contributed by atoms with Crippen LogP contribution in [0.1, 0.15) is 5.56 Å². The topological polar surface area (TPSA) is 72.2 Å². The molecule has 0 amide bonds. The summed E-state index contributed by atoms with van der Waals surface area (Å²) in [4.78, 5) is 0. The third-order valence-electron chi connectivity index (χ3n) is 2.59. The van der Waals surface area contributed by atoms with Gasteiger partial charge >= 0.3 is 0 Å². The molecule has 0 aliphatic carbocycles. The number of nitrogens with two attached hydrogens (primary N) is 1. The van der Waals surface area contributed by atoms with Crippen molar-refractivity contribution in [3.05, 3.63) is 58.3 Å². The zero-order chi connectivity index (χ0) is 14.8. The van der Waals surface area contributed by atoms with Gasteiger partial charge in [0.1, 0.15) is 5.82 Å². The molecule has 2 aromatic rings. The van der Waals surface area contributed by atoms with Gasteiger partial charge < -0.3 is 5.73 Å². The molecule has 0 saturated carbocycles. The Kier molecular flexibility index (Phi) is 4.29. The number of nitrogens with one attached hydrogen (secondary N) is 1. The molecule has 0 radical (unpaired) electrons. The SMILES string of the molecule is Nc1ccccc1CS(=O)(=O)Nc1ccc(F)c(Br)c1. The van der Waals surface area contributed by atoms with Gasteiger partial charge in [0.15, 0.2) is 0 Å². The molecule has 2 aromatic carbocycles. The summed E-state index contributed by atoms with van der Waals surface area (Å²) >= 11 is 3.00. The van der Waals surface area contributed by atoms with E-state index in [1.165, 1.54) is 18.2 Å². The third kappa shape index (κ3) is 3.71. The molecule has 0 spiro atoms. The predicted octanol–water partition coefficient (Wildman–Crippen LogP) is 3.11. The minimum atomic E-state index is -3.61. The van der Waals surface area contributed by atoms with E-state index in [0.29, 0.717) is 11.3 Å². The van der Waals surface area contributed by atoms with Crippen LogP contribution in [0.3, 0.4) is 0 Å². The predicted molar refractivity (Wildman–Crippen MR) is 81.2 cm³/mol. The summed E-state index contributed by atoms with van der Waals surface area (Å²) in [7, 11) is -3.61. The molecule has 0 aliphatic heterocycles. The number of hydrogen-bond acceptors (Lipinski definition) is 3. The van der Waals surface area contributed by atoms with Crippen LogP contribution in [0.4, 0.5) is 15.8 Å². The van der Waals surface area contributed by atoms with Gasteiger partial charge in [-0.1, -0.05) is 18.2 Å². The van der Waals surface area contributed by atoms with Crippen LogP contribution in [0, 0.1) is 5.82 Å². The maximum Gasteiger partial charge on any atom is 0.236 e. The van der Waals surface area contributed by atoms with Gasteiger partial charge in [-0.15, -0.1) is 0 Å². The summed E-state index contributed by atoms with van der Waals surface area (Å²) in [6, 6.07) is 10.6. The Morgan fingerprint density at radius 1 is 1.20 bits per heavy atom. The Balaban J connectivity index is 2.19. The first-order chi connectivity index (χ1) is 9.37. The number of nitrogen functional groups attached to an aromatic ring is 1. The van der Waals surface area contributed by atoms with E-state index in [0.717, 1.165) is 0 Å². The molecule has 0 aliphatic rings. The molecule has 0 fully saturated rings. The summed E-state index contributed by atoms with van der Waals surface area (Å²) in [6.07, 6.45) is 0. The molecule has 3 N–H and O–H groups in total. The fraction of sp³-hybridized carbons (Fsp3) is 0.0769. The first kappa shape index (κ1) is 14.8. The van der Waals surface area contributed by atoms with E-state index >= 15 is 0 Å². The van der Waals surface area contributed by atoms with E-state index in [-0.39, 0.29) is 15.9 Å². The summed E-state index contributed by atoms with van der Waals surface area (Å²) in [5, 5.41) is 0. The molecular weight excluding hydrogens is 347 g/mol. The number of sulfonamides is 1. The van der Waals surface area contributed by atoms with E-state index < -0.39 is 15.8 Å². The highest BCUT2D eigenvalue weighted by Gasteiger charge is 2.14. The summed E-state index contributed by atoms with van der Waals surface area (Å²) in [5.74, 6) is -0.700. The average Bonchev–Trinajstić information content (AvgIpc) is 2.36. The highest BCUT2D eigenvalue weighted by atomic mass is 79.9. The van der Waals surface area contributed by atoms with Gasteiger partial charge in [0.25, 0.3) is 0 Å². The van der Waals surface area contributed by atoms with Crippen molar-refractivity contribution in [3.63, 3.8) is 0 Å². The van der Waals surface area contributed by atoms with Crippen molar-refractivity contribution in [1.82, 2.24) is 0 Å². The fourth-order valence-corrected chi connectivity index (χ4v) is 3.25. The zero-order valence-electron chi connectivity index (χ0n) is 10.3. The minimum Gasteiger partial charge on any atom is -0.398 e. The Morgan fingerprint density at radius 2 is 1.90 bits per heavy atom. The molecule has 4 nitrogen and oxygen atoms in total. The van der Waals surface area contributed by atoms with Crippen LogP contribution in [0.5, 0.6) is 0 Å². The number of para-hydroxylation sites is 1. The van der Waals surface area contributed by atoms with E-state index in [1.54, 1.807) is 24.3 Å². The lowest BCUT2D eigenvalue weighted by atomic mass is 10.2. The van der Waals surface area contributed by atoms with Gasteiger partial charge in [-0.2, -0.15) is 0 Å². The first-order valence-corrected chi connectivity index (χ1v) is 8.11. The lowest BCUT2D eigenvalue weighted by molar-refractivity contribution is 0.600.